The lowest BCUT2D eigenvalue weighted by atomic mass is 10.0. The Bertz CT molecular complexity index is 556. The van der Waals surface area contributed by atoms with Crippen molar-refractivity contribution in [3.8, 4) is 0 Å². The van der Waals surface area contributed by atoms with Gasteiger partial charge in [0, 0.05) is 25.7 Å². The van der Waals surface area contributed by atoms with E-state index >= 15 is 0 Å². The fourth-order valence-electron chi connectivity index (χ4n) is 3.38. The van der Waals surface area contributed by atoms with Gasteiger partial charge in [-0.05, 0) is 37.5 Å². The van der Waals surface area contributed by atoms with E-state index in [0.717, 1.165) is 43.6 Å². The smallest absolute Gasteiger partial charge is 0.337 e. The molecule has 0 radical (unpaired) electrons. The van der Waals surface area contributed by atoms with Gasteiger partial charge in [-0.15, -0.1) is 0 Å². The highest BCUT2D eigenvalue weighted by molar-refractivity contribution is 5.83. The third-order valence-electron chi connectivity index (χ3n) is 4.68. The summed E-state index contributed by atoms with van der Waals surface area (Å²) >= 11 is 0. The SMILES string of the molecule is C[C@@H]1C(=O)N2CCC[C@@H]2CN1Cc1ccc(C(F)(F)F)cc1. The first kappa shape index (κ1) is 15.3. The van der Waals surface area contributed by atoms with E-state index in [2.05, 4.69) is 4.90 Å². The summed E-state index contributed by atoms with van der Waals surface area (Å²) in [5.41, 5.74) is 0.167. The van der Waals surface area contributed by atoms with Gasteiger partial charge in [0.1, 0.15) is 0 Å². The van der Waals surface area contributed by atoms with Gasteiger partial charge in [0.2, 0.25) is 5.91 Å². The van der Waals surface area contributed by atoms with Gasteiger partial charge in [-0.25, -0.2) is 0 Å². The molecule has 0 unspecified atom stereocenters. The van der Waals surface area contributed by atoms with Gasteiger partial charge < -0.3 is 4.90 Å². The second kappa shape index (κ2) is 5.57. The van der Waals surface area contributed by atoms with Crippen molar-refractivity contribution >= 4 is 5.91 Å². The van der Waals surface area contributed by atoms with Crippen LogP contribution < -0.4 is 0 Å². The van der Waals surface area contributed by atoms with E-state index in [1.807, 2.05) is 11.8 Å². The van der Waals surface area contributed by atoms with Gasteiger partial charge in [-0.1, -0.05) is 12.1 Å². The zero-order chi connectivity index (χ0) is 15.9. The molecular formula is C16H19F3N2O. The lowest BCUT2D eigenvalue weighted by Gasteiger charge is -2.41. The van der Waals surface area contributed by atoms with E-state index in [4.69, 9.17) is 0 Å². The zero-order valence-corrected chi connectivity index (χ0v) is 12.4. The predicted molar refractivity (Wildman–Crippen MR) is 76.1 cm³/mol. The van der Waals surface area contributed by atoms with Crippen LogP contribution in [0.5, 0.6) is 0 Å². The highest BCUT2D eigenvalue weighted by Crippen LogP contribution is 2.30. The van der Waals surface area contributed by atoms with Crippen LogP contribution in [0.15, 0.2) is 24.3 Å². The van der Waals surface area contributed by atoms with Crippen LogP contribution in [0.25, 0.3) is 0 Å². The molecular weight excluding hydrogens is 293 g/mol. The number of halogens is 3. The molecule has 2 saturated heterocycles. The van der Waals surface area contributed by atoms with E-state index in [-0.39, 0.29) is 18.0 Å². The van der Waals surface area contributed by atoms with E-state index in [1.54, 1.807) is 0 Å². The first-order valence-corrected chi connectivity index (χ1v) is 7.57. The summed E-state index contributed by atoms with van der Waals surface area (Å²) in [6.07, 6.45) is -2.25. The molecule has 0 aromatic heterocycles. The topological polar surface area (TPSA) is 23.6 Å². The first-order valence-electron chi connectivity index (χ1n) is 7.57. The molecule has 0 aliphatic carbocycles. The average Bonchev–Trinajstić information content (AvgIpc) is 2.92. The number of carbonyl (C=O) groups is 1. The molecule has 1 aromatic rings. The van der Waals surface area contributed by atoms with Crippen molar-refractivity contribution in [1.29, 1.82) is 0 Å². The zero-order valence-electron chi connectivity index (χ0n) is 12.4. The number of fused-ring (bicyclic) bond motifs is 1. The summed E-state index contributed by atoms with van der Waals surface area (Å²) < 4.78 is 37.7. The predicted octanol–water partition coefficient (Wildman–Crippen LogP) is 2.90. The van der Waals surface area contributed by atoms with E-state index in [9.17, 15) is 18.0 Å². The molecule has 6 heteroatoms. The fourth-order valence-corrected chi connectivity index (χ4v) is 3.38. The number of alkyl halides is 3. The third kappa shape index (κ3) is 2.84. The summed E-state index contributed by atoms with van der Waals surface area (Å²) in [5, 5.41) is 0. The second-order valence-corrected chi connectivity index (χ2v) is 6.13. The molecule has 2 aliphatic heterocycles. The van der Waals surface area contributed by atoms with Gasteiger partial charge in [0.15, 0.2) is 0 Å². The summed E-state index contributed by atoms with van der Waals surface area (Å²) in [6.45, 7) is 4.02. The molecule has 120 valence electrons. The monoisotopic (exact) mass is 312 g/mol. The number of carbonyl (C=O) groups excluding carboxylic acids is 1. The number of piperazine rings is 1. The lowest BCUT2D eigenvalue weighted by molar-refractivity contribution is -0.143. The Hall–Kier alpha value is -1.56. The van der Waals surface area contributed by atoms with E-state index in [1.165, 1.54) is 12.1 Å². The van der Waals surface area contributed by atoms with Gasteiger partial charge in [0.25, 0.3) is 0 Å². The average molecular weight is 312 g/mol. The van der Waals surface area contributed by atoms with Crippen molar-refractivity contribution in [1.82, 2.24) is 9.80 Å². The minimum Gasteiger partial charge on any atom is -0.337 e. The minimum atomic E-state index is -4.31. The molecule has 1 amide bonds. The van der Waals surface area contributed by atoms with Crippen molar-refractivity contribution in [3.05, 3.63) is 35.4 Å². The normalized spacial score (nSPS) is 26.4. The van der Waals surface area contributed by atoms with Crippen LogP contribution >= 0.6 is 0 Å². The van der Waals surface area contributed by atoms with Crippen LogP contribution in [0.1, 0.15) is 30.9 Å². The van der Waals surface area contributed by atoms with Crippen LogP contribution in [-0.2, 0) is 17.5 Å². The van der Waals surface area contributed by atoms with Gasteiger partial charge in [0.05, 0.1) is 11.6 Å². The van der Waals surface area contributed by atoms with Crippen molar-refractivity contribution in [2.75, 3.05) is 13.1 Å². The Labute approximate surface area is 127 Å². The molecule has 1 aromatic carbocycles. The molecule has 3 nitrogen and oxygen atoms in total. The number of hydrogen-bond donors (Lipinski definition) is 0. The number of rotatable bonds is 2. The summed E-state index contributed by atoms with van der Waals surface area (Å²) in [6, 6.07) is 5.26. The van der Waals surface area contributed by atoms with Crippen LogP contribution in [0, 0.1) is 0 Å². The molecule has 2 heterocycles. The molecule has 2 fully saturated rings. The van der Waals surface area contributed by atoms with Crippen LogP contribution in [0.2, 0.25) is 0 Å². The van der Waals surface area contributed by atoms with Crippen molar-refractivity contribution in [2.45, 2.75) is 44.6 Å². The van der Waals surface area contributed by atoms with Gasteiger partial charge in [-0.2, -0.15) is 13.2 Å². The highest BCUT2D eigenvalue weighted by Gasteiger charge is 2.40. The number of amides is 1. The number of nitrogens with zero attached hydrogens (tertiary/aromatic N) is 2. The Morgan fingerprint density at radius 1 is 1.23 bits per heavy atom. The van der Waals surface area contributed by atoms with Crippen LogP contribution in [0.3, 0.4) is 0 Å². The minimum absolute atomic E-state index is 0.140. The Morgan fingerprint density at radius 3 is 2.55 bits per heavy atom. The van der Waals surface area contributed by atoms with Crippen LogP contribution in [0.4, 0.5) is 13.2 Å². The van der Waals surface area contributed by atoms with Crippen molar-refractivity contribution in [3.63, 3.8) is 0 Å². The molecule has 3 rings (SSSR count). The lowest BCUT2D eigenvalue weighted by Crippen LogP contribution is -2.58. The fraction of sp³-hybridized carbons (Fsp3) is 0.562. The molecule has 22 heavy (non-hydrogen) atoms. The quantitative estimate of drug-likeness (QED) is 0.838. The third-order valence-corrected chi connectivity index (χ3v) is 4.68. The largest absolute Gasteiger partial charge is 0.416 e. The highest BCUT2D eigenvalue weighted by atomic mass is 19.4. The molecule has 2 aliphatic rings. The molecule has 0 N–H and O–H groups in total. The number of benzene rings is 1. The molecule has 2 atom stereocenters. The van der Waals surface area contributed by atoms with Gasteiger partial charge >= 0.3 is 6.18 Å². The summed E-state index contributed by atoms with van der Waals surface area (Å²) in [5.74, 6) is 0.140. The second-order valence-electron chi connectivity index (χ2n) is 6.13. The Kier molecular flexibility index (Phi) is 3.89. The summed E-state index contributed by atoms with van der Waals surface area (Å²) in [7, 11) is 0. The molecule has 0 spiro atoms. The van der Waals surface area contributed by atoms with Gasteiger partial charge in [-0.3, -0.25) is 9.69 Å². The van der Waals surface area contributed by atoms with Crippen molar-refractivity contribution in [2.24, 2.45) is 0 Å². The standard InChI is InChI=1S/C16H19F3N2O/c1-11-15(22)21-8-2-3-14(21)10-20(11)9-12-4-6-13(7-5-12)16(17,18)19/h4-7,11,14H,2-3,8-10H2,1H3/t11-,14-/m1/s1. The Balaban J connectivity index is 1.71. The number of hydrogen-bond acceptors (Lipinski definition) is 2. The van der Waals surface area contributed by atoms with E-state index < -0.39 is 11.7 Å². The first-order chi connectivity index (χ1) is 10.4. The Morgan fingerprint density at radius 2 is 1.91 bits per heavy atom. The van der Waals surface area contributed by atoms with Crippen LogP contribution in [-0.4, -0.2) is 40.9 Å². The maximum atomic E-state index is 12.6. The molecule has 0 saturated carbocycles. The summed E-state index contributed by atoms with van der Waals surface area (Å²) in [4.78, 5) is 16.3. The van der Waals surface area contributed by atoms with Crippen molar-refractivity contribution < 1.29 is 18.0 Å². The molecule has 0 bridgehead atoms. The van der Waals surface area contributed by atoms with E-state index in [0.29, 0.717) is 6.54 Å². The maximum Gasteiger partial charge on any atom is 0.416 e. The maximum absolute atomic E-state index is 12.6.